The third-order valence-corrected chi connectivity index (χ3v) is 4.76. The van der Waals surface area contributed by atoms with Crippen molar-refractivity contribution in [2.45, 2.75) is 63.3 Å². The number of anilines is 1. The Balaban J connectivity index is 1.67. The summed E-state index contributed by atoms with van der Waals surface area (Å²) in [6, 6.07) is 9.85. The summed E-state index contributed by atoms with van der Waals surface area (Å²) in [5.41, 5.74) is 8.01. The van der Waals surface area contributed by atoms with E-state index in [0.29, 0.717) is 12.1 Å². The summed E-state index contributed by atoms with van der Waals surface area (Å²) in [5.74, 6) is 0. The first kappa shape index (κ1) is 13.9. The first-order chi connectivity index (χ1) is 9.76. The summed E-state index contributed by atoms with van der Waals surface area (Å²) < 4.78 is 5.59. The van der Waals surface area contributed by atoms with Crippen LogP contribution in [0.15, 0.2) is 24.3 Å². The van der Waals surface area contributed by atoms with Gasteiger partial charge in [0.25, 0.3) is 0 Å². The SMILES string of the molecule is COC1CCCC(N(Cc2ccc(N)cc2)C2CC2)C1. The van der Waals surface area contributed by atoms with Crippen LogP contribution in [0.25, 0.3) is 0 Å². The number of nitrogen functional groups attached to an aromatic ring is 1. The van der Waals surface area contributed by atoms with Gasteiger partial charge in [-0.2, -0.15) is 0 Å². The Kier molecular flexibility index (Phi) is 4.27. The zero-order chi connectivity index (χ0) is 13.9. The lowest BCUT2D eigenvalue weighted by Crippen LogP contribution is -2.41. The lowest BCUT2D eigenvalue weighted by molar-refractivity contribution is 0.0228. The van der Waals surface area contributed by atoms with Gasteiger partial charge >= 0.3 is 0 Å². The average Bonchev–Trinajstić information content (AvgIpc) is 3.31. The molecule has 1 aromatic rings. The fraction of sp³-hybridized carbons (Fsp3) is 0.647. The largest absolute Gasteiger partial charge is 0.399 e. The molecule has 0 bridgehead atoms. The normalized spacial score (nSPS) is 26.9. The van der Waals surface area contributed by atoms with Gasteiger partial charge in [-0.3, -0.25) is 4.90 Å². The van der Waals surface area contributed by atoms with Crippen molar-refractivity contribution in [1.82, 2.24) is 4.90 Å². The standard InChI is InChI=1S/C17H26N2O/c1-20-17-4-2-3-16(11-17)19(15-9-10-15)12-13-5-7-14(18)8-6-13/h5-8,15-17H,2-4,9-12,18H2,1H3. The van der Waals surface area contributed by atoms with Gasteiger partial charge in [0, 0.05) is 31.4 Å². The van der Waals surface area contributed by atoms with Crippen LogP contribution in [-0.2, 0) is 11.3 Å². The monoisotopic (exact) mass is 274 g/mol. The Morgan fingerprint density at radius 3 is 2.50 bits per heavy atom. The smallest absolute Gasteiger partial charge is 0.0586 e. The Hall–Kier alpha value is -1.06. The first-order valence-electron chi connectivity index (χ1n) is 7.89. The number of nitrogens with two attached hydrogens (primary N) is 1. The quantitative estimate of drug-likeness (QED) is 0.838. The van der Waals surface area contributed by atoms with Crippen LogP contribution in [-0.4, -0.2) is 30.2 Å². The predicted octanol–water partition coefficient (Wildman–Crippen LogP) is 3.19. The van der Waals surface area contributed by atoms with Gasteiger partial charge in [0.15, 0.2) is 0 Å². The molecule has 2 unspecified atom stereocenters. The lowest BCUT2D eigenvalue weighted by atomic mass is 9.91. The van der Waals surface area contributed by atoms with Gasteiger partial charge in [0.2, 0.25) is 0 Å². The van der Waals surface area contributed by atoms with Crippen molar-refractivity contribution < 1.29 is 4.74 Å². The molecule has 1 aromatic carbocycles. The minimum Gasteiger partial charge on any atom is -0.399 e. The maximum Gasteiger partial charge on any atom is 0.0586 e. The third kappa shape index (κ3) is 3.33. The predicted molar refractivity (Wildman–Crippen MR) is 82.5 cm³/mol. The second-order valence-electron chi connectivity index (χ2n) is 6.32. The van der Waals surface area contributed by atoms with E-state index in [4.69, 9.17) is 10.5 Å². The maximum absolute atomic E-state index is 5.78. The molecule has 0 heterocycles. The molecule has 2 saturated carbocycles. The summed E-state index contributed by atoms with van der Waals surface area (Å²) >= 11 is 0. The van der Waals surface area contributed by atoms with Crippen molar-refractivity contribution in [2.75, 3.05) is 12.8 Å². The van der Waals surface area contributed by atoms with Crippen LogP contribution >= 0.6 is 0 Å². The molecule has 3 nitrogen and oxygen atoms in total. The second-order valence-corrected chi connectivity index (χ2v) is 6.32. The number of ether oxygens (including phenoxy) is 1. The highest BCUT2D eigenvalue weighted by Crippen LogP contribution is 2.35. The van der Waals surface area contributed by atoms with E-state index in [9.17, 15) is 0 Å². The molecule has 20 heavy (non-hydrogen) atoms. The molecule has 0 saturated heterocycles. The van der Waals surface area contributed by atoms with Crippen molar-refractivity contribution in [3.05, 3.63) is 29.8 Å². The van der Waals surface area contributed by atoms with E-state index in [1.807, 2.05) is 19.2 Å². The maximum atomic E-state index is 5.78. The van der Waals surface area contributed by atoms with Crippen molar-refractivity contribution in [3.63, 3.8) is 0 Å². The number of hydrogen-bond donors (Lipinski definition) is 1. The molecule has 2 atom stereocenters. The lowest BCUT2D eigenvalue weighted by Gasteiger charge is -2.37. The first-order valence-corrected chi connectivity index (χ1v) is 7.89. The molecule has 2 N–H and O–H groups in total. The van der Waals surface area contributed by atoms with Crippen LogP contribution in [0.3, 0.4) is 0 Å². The molecular weight excluding hydrogens is 248 g/mol. The van der Waals surface area contributed by atoms with E-state index in [1.165, 1.54) is 44.1 Å². The number of nitrogens with zero attached hydrogens (tertiary/aromatic N) is 1. The average molecular weight is 274 g/mol. The molecule has 0 spiro atoms. The number of rotatable bonds is 5. The van der Waals surface area contributed by atoms with E-state index in [-0.39, 0.29) is 0 Å². The molecule has 110 valence electrons. The minimum atomic E-state index is 0.460. The molecule has 3 rings (SSSR count). The number of benzene rings is 1. The highest BCUT2D eigenvalue weighted by atomic mass is 16.5. The van der Waals surface area contributed by atoms with Crippen LogP contribution in [0, 0.1) is 0 Å². The summed E-state index contributed by atoms with van der Waals surface area (Å²) in [6.07, 6.45) is 8.24. The summed E-state index contributed by atoms with van der Waals surface area (Å²) in [6.45, 7) is 1.06. The summed E-state index contributed by atoms with van der Waals surface area (Å²) in [4.78, 5) is 2.72. The molecular formula is C17H26N2O. The van der Waals surface area contributed by atoms with E-state index in [1.54, 1.807) is 0 Å². The van der Waals surface area contributed by atoms with Gasteiger partial charge in [0.05, 0.1) is 6.10 Å². The molecule has 0 aliphatic heterocycles. The van der Waals surface area contributed by atoms with E-state index >= 15 is 0 Å². The van der Waals surface area contributed by atoms with Crippen molar-refractivity contribution in [1.29, 1.82) is 0 Å². The zero-order valence-corrected chi connectivity index (χ0v) is 12.4. The Morgan fingerprint density at radius 2 is 1.85 bits per heavy atom. The van der Waals surface area contributed by atoms with Crippen LogP contribution in [0.1, 0.15) is 44.1 Å². The van der Waals surface area contributed by atoms with E-state index in [0.717, 1.165) is 18.3 Å². The van der Waals surface area contributed by atoms with Crippen LogP contribution in [0.5, 0.6) is 0 Å². The molecule has 0 aromatic heterocycles. The van der Waals surface area contributed by atoms with E-state index in [2.05, 4.69) is 17.0 Å². The Bertz CT molecular complexity index is 427. The van der Waals surface area contributed by atoms with Gasteiger partial charge in [-0.05, 0) is 56.2 Å². The Labute approximate surface area is 122 Å². The molecule has 2 aliphatic carbocycles. The molecule has 3 heteroatoms. The summed E-state index contributed by atoms with van der Waals surface area (Å²) in [7, 11) is 1.86. The fourth-order valence-electron chi connectivity index (χ4n) is 3.43. The van der Waals surface area contributed by atoms with Crippen LogP contribution in [0.2, 0.25) is 0 Å². The summed E-state index contributed by atoms with van der Waals surface area (Å²) in [5, 5.41) is 0. The van der Waals surface area contributed by atoms with Crippen molar-refractivity contribution in [3.8, 4) is 0 Å². The third-order valence-electron chi connectivity index (χ3n) is 4.76. The highest BCUT2D eigenvalue weighted by molar-refractivity contribution is 5.39. The van der Waals surface area contributed by atoms with Crippen LogP contribution in [0.4, 0.5) is 5.69 Å². The van der Waals surface area contributed by atoms with Crippen molar-refractivity contribution in [2.24, 2.45) is 0 Å². The minimum absolute atomic E-state index is 0.460. The molecule has 0 radical (unpaired) electrons. The fourth-order valence-corrected chi connectivity index (χ4v) is 3.43. The Morgan fingerprint density at radius 1 is 1.10 bits per heavy atom. The topological polar surface area (TPSA) is 38.5 Å². The van der Waals surface area contributed by atoms with E-state index < -0.39 is 0 Å². The van der Waals surface area contributed by atoms with Gasteiger partial charge in [0.1, 0.15) is 0 Å². The van der Waals surface area contributed by atoms with Gasteiger partial charge in [-0.15, -0.1) is 0 Å². The molecule has 2 aliphatic rings. The number of methoxy groups -OCH3 is 1. The molecule has 0 amide bonds. The van der Waals surface area contributed by atoms with Gasteiger partial charge < -0.3 is 10.5 Å². The zero-order valence-electron chi connectivity index (χ0n) is 12.4. The van der Waals surface area contributed by atoms with Gasteiger partial charge in [-0.25, -0.2) is 0 Å². The van der Waals surface area contributed by atoms with Gasteiger partial charge in [-0.1, -0.05) is 12.1 Å². The van der Waals surface area contributed by atoms with Crippen LogP contribution < -0.4 is 5.73 Å². The molecule has 2 fully saturated rings. The van der Waals surface area contributed by atoms with Crippen molar-refractivity contribution >= 4 is 5.69 Å². The highest BCUT2D eigenvalue weighted by Gasteiger charge is 2.36. The number of hydrogen-bond acceptors (Lipinski definition) is 3. The second kappa shape index (κ2) is 6.15.